The highest BCUT2D eigenvalue weighted by atomic mass is 35.5. The van der Waals surface area contributed by atoms with Crippen LogP contribution in [0, 0.1) is 5.92 Å². The number of halogens is 1. The predicted molar refractivity (Wildman–Crippen MR) is 110 cm³/mol. The minimum atomic E-state index is 0.0519. The Bertz CT molecular complexity index is 1010. The average Bonchev–Trinajstić information content (AvgIpc) is 3.41. The number of rotatable bonds is 4. The van der Waals surface area contributed by atoms with Crippen LogP contribution in [0.25, 0.3) is 5.69 Å². The first kappa shape index (κ1) is 18.1. The van der Waals surface area contributed by atoms with Gasteiger partial charge in [0.25, 0.3) is 0 Å². The number of aromatic nitrogens is 4. The van der Waals surface area contributed by atoms with Crippen molar-refractivity contribution in [3.8, 4) is 5.69 Å². The summed E-state index contributed by atoms with van der Waals surface area (Å²) in [7, 11) is 0. The Morgan fingerprint density at radius 1 is 0.966 bits per heavy atom. The molecule has 1 aliphatic carbocycles. The van der Waals surface area contributed by atoms with Crippen molar-refractivity contribution in [1.29, 1.82) is 0 Å². The lowest BCUT2D eigenvalue weighted by atomic mass is 10.1. The SMILES string of the molecule is O=C(C1CC1c1ccccc1Cl)N1CCN(c2nnnn2-c2ccccc2)CC1. The minimum absolute atomic E-state index is 0.0519. The van der Waals surface area contributed by atoms with E-state index in [1.54, 1.807) is 4.68 Å². The van der Waals surface area contributed by atoms with Gasteiger partial charge >= 0.3 is 0 Å². The van der Waals surface area contributed by atoms with Gasteiger partial charge in [0.2, 0.25) is 11.9 Å². The third-order valence-electron chi connectivity index (χ3n) is 5.74. The second-order valence-corrected chi connectivity index (χ2v) is 7.92. The van der Waals surface area contributed by atoms with Gasteiger partial charge in [-0.05, 0) is 46.5 Å². The summed E-state index contributed by atoms with van der Waals surface area (Å²) in [6, 6.07) is 17.7. The molecule has 1 saturated carbocycles. The molecule has 0 bridgehead atoms. The van der Waals surface area contributed by atoms with Crippen LogP contribution in [0.1, 0.15) is 17.9 Å². The van der Waals surface area contributed by atoms with Crippen LogP contribution in [-0.4, -0.2) is 57.2 Å². The number of anilines is 1. The van der Waals surface area contributed by atoms with E-state index in [4.69, 9.17) is 11.6 Å². The molecule has 2 unspecified atom stereocenters. The Morgan fingerprint density at radius 3 is 2.45 bits per heavy atom. The summed E-state index contributed by atoms with van der Waals surface area (Å²) in [6.07, 6.45) is 0.884. The van der Waals surface area contributed by atoms with Crippen LogP contribution in [0.5, 0.6) is 0 Å². The third kappa shape index (κ3) is 3.46. The summed E-state index contributed by atoms with van der Waals surface area (Å²) in [5, 5.41) is 12.9. The number of hydrogen-bond donors (Lipinski definition) is 0. The van der Waals surface area contributed by atoms with E-state index >= 15 is 0 Å². The molecule has 3 aromatic rings. The lowest BCUT2D eigenvalue weighted by molar-refractivity contribution is -0.133. The van der Waals surface area contributed by atoms with Gasteiger partial charge in [0.05, 0.1) is 5.69 Å². The molecule has 2 aromatic carbocycles. The van der Waals surface area contributed by atoms with Crippen LogP contribution < -0.4 is 4.90 Å². The second-order valence-electron chi connectivity index (χ2n) is 7.51. The predicted octanol–water partition coefficient (Wildman–Crippen LogP) is 2.77. The molecule has 29 heavy (non-hydrogen) atoms. The van der Waals surface area contributed by atoms with E-state index in [0.29, 0.717) is 32.1 Å². The van der Waals surface area contributed by atoms with Crippen LogP contribution >= 0.6 is 11.6 Å². The zero-order valence-corrected chi connectivity index (χ0v) is 16.6. The highest BCUT2D eigenvalue weighted by Gasteiger charge is 2.46. The first-order valence-electron chi connectivity index (χ1n) is 9.84. The molecule has 0 radical (unpaired) electrons. The Hall–Kier alpha value is -2.93. The smallest absolute Gasteiger partial charge is 0.250 e. The van der Waals surface area contributed by atoms with Crippen molar-refractivity contribution in [2.45, 2.75) is 12.3 Å². The van der Waals surface area contributed by atoms with Gasteiger partial charge in [0.1, 0.15) is 0 Å². The van der Waals surface area contributed by atoms with Crippen LogP contribution in [0.2, 0.25) is 5.02 Å². The number of carbonyl (C=O) groups is 1. The maximum absolute atomic E-state index is 13.0. The number of nitrogens with zero attached hydrogens (tertiary/aromatic N) is 6. The third-order valence-corrected chi connectivity index (χ3v) is 6.08. The molecule has 0 N–H and O–H groups in total. The second kappa shape index (κ2) is 7.48. The van der Waals surface area contributed by atoms with Crippen molar-refractivity contribution in [1.82, 2.24) is 25.1 Å². The summed E-state index contributed by atoms with van der Waals surface area (Å²) >= 11 is 6.30. The monoisotopic (exact) mass is 408 g/mol. The van der Waals surface area contributed by atoms with Crippen molar-refractivity contribution < 1.29 is 4.79 Å². The highest BCUT2D eigenvalue weighted by Crippen LogP contribution is 2.50. The maximum atomic E-state index is 13.0. The number of benzene rings is 2. The molecule has 1 amide bonds. The molecule has 0 spiro atoms. The van der Waals surface area contributed by atoms with Gasteiger partial charge in [-0.1, -0.05) is 53.1 Å². The molecular formula is C21H21ClN6O. The molecule has 2 heterocycles. The number of hydrogen-bond acceptors (Lipinski definition) is 5. The lowest BCUT2D eigenvalue weighted by Crippen LogP contribution is -2.50. The Morgan fingerprint density at radius 2 is 1.69 bits per heavy atom. The molecule has 7 nitrogen and oxygen atoms in total. The molecule has 2 atom stereocenters. The highest BCUT2D eigenvalue weighted by molar-refractivity contribution is 6.31. The van der Waals surface area contributed by atoms with E-state index < -0.39 is 0 Å². The molecule has 1 saturated heterocycles. The molecule has 148 valence electrons. The molecule has 2 aliphatic rings. The molecule has 1 aliphatic heterocycles. The molecule has 8 heteroatoms. The molecule has 5 rings (SSSR count). The van der Waals surface area contributed by atoms with Gasteiger partial charge in [0, 0.05) is 37.1 Å². The van der Waals surface area contributed by atoms with Crippen molar-refractivity contribution in [2.75, 3.05) is 31.1 Å². The normalized spacial score (nSPS) is 21.3. The topological polar surface area (TPSA) is 67.2 Å². The number of piperazine rings is 1. The van der Waals surface area contributed by atoms with E-state index in [2.05, 4.69) is 20.4 Å². The Kier molecular flexibility index (Phi) is 4.67. The van der Waals surface area contributed by atoms with Gasteiger partial charge < -0.3 is 9.80 Å². The van der Waals surface area contributed by atoms with Gasteiger partial charge in [0.15, 0.2) is 0 Å². The molecule has 2 fully saturated rings. The van der Waals surface area contributed by atoms with Gasteiger partial charge in [-0.3, -0.25) is 4.79 Å². The minimum Gasteiger partial charge on any atom is -0.339 e. The first-order chi connectivity index (χ1) is 14.2. The van der Waals surface area contributed by atoms with Crippen LogP contribution in [-0.2, 0) is 4.79 Å². The summed E-state index contributed by atoms with van der Waals surface area (Å²) in [5.41, 5.74) is 2.01. The fraction of sp³-hybridized carbons (Fsp3) is 0.333. The van der Waals surface area contributed by atoms with Gasteiger partial charge in [-0.25, -0.2) is 0 Å². The van der Waals surface area contributed by atoms with E-state index in [0.717, 1.165) is 22.7 Å². The fourth-order valence-corrected chi connectivity index (χ4v) is 4.34. The van der Waals surface area contributed by atoms with Crippen LogP contribution in [0.15, 0.2) is 54.6 Å². The first-order valence-corrected chi connectivity index (χ1v) is 10.2. The standard InChI is InChI=1S/C21H21ClN6O/c22-19-9-5-4-8-16(19)17-14-18(17)20(29)26-10-12-27(13-11-26)21-23-24-25-28(21)15-6-2-1-3-7-15/h1-9,17-18H,10-14H2. The van der Waals surface area contributed by atoms with Gasteiger partial charge in [-0.2, -0.15) is 4.68 Å². The van der Waals surface area contributed by atoms with E-state index in [-0.39, 0.29) is 17.7 Å². The van der Waals surface area contributed by atoms with Gasteiger partial charge in [-0.15, -0.1) is 0 Å². The lowest BCUT2D eigenvalue weighted by Gasteiger charge is -2.35. The van der Waals surface area contributed by atoms with E-state index in [1.165, 1.54) is 0 Å². The molecule has 1 aromatic heterocycles. The maximum Gasteiger partial charge on any atom is 0.250 e. The van der Waals surface area contributed by atoms with Crippen molar-refractivity contribution >= 4 is 23.5 Å². The van der Waals surface area contributed by atoms with E-state index in [1.807, 2.05) is 59.5 Å². The van der Waals surface area contributed by atoms with Crippen molar-refractivity contribution in [2.24, 2.45) is 5.92 Å². The number of tetrazole rings is 1. The Labute approximate surface area is 173 Å². The zero-order valence-electron chi connectivity index (χ0n) is 15.9. The molecular weight excluding hydrogens is 388 g/mol. The largest absolute Gasteiger partial charge is 0.339 e. The van der Waals surface area contributed by atoms with Crippen molar-refractivity contribution in [3.63, 3.8) is 0 Å². The zero-order chi connectivity index (χ0) is 19.8. The summed E-state index contributed by atoms with van der Waals surface area (Å²) in [5.74, 6) is 1.25. The summed E-state index contributed by atoms with van der Waals surface area (Å²) < 4.78 is 1.74. The number of carbonyl (C=O) groups excluding carboxylic acids is 1. The van der Waals surface area contributed by atoms with Crippen LogP contribution in [0.3, 0.4) is 0 Å². The Balaban J connectivity index is 1.23. The van der Waals surface area contributed by atoms with E-state index in [9.17, 15) is 4.79 Å². The summed E-state index contributed by atoms with van der Waals surface area (Å²) in [4.78, 5) is 17.1. The number of para-hydroxylation sites is 1. The fourth-order valence-electron chi connectivity index (χ4n) is 4.06. The quantitative estimate of drug-likeness (QED) is 0.664. The summed E-state index contributed by atoms with van der Waals surface area (Å²) in [6.45, 7) is 2.77. The van der Waals surface area contributed by atoms with Crippen LogP contribution in [0.4, 0.5) is 5.95 Å². The number of amides is 1. The average molecular weight is 409 g/mol. The van der Waals surface area contributed by atoms with Crippen molar-refractivity contribution in [3.05, 3.63) is 65.2 Å².